The van der Waals surface area contributed by atoms with E-state index in [1.165, 1.54) is 6.08 Å². The maximum atomic E-state index is 14.3. The van der Waals surface area contributed by atoms with Crippen molar-refractivity contribution in [1.29, 1.82) is 0 Å². The number of aliphatic hydroxyl groups excluding tert-OH is 1. The predicted molar refractivity (Wildman–Crippen MR) is 145 cm³/mol. The minimum Gasteiger partial charge on any atom is -0.461 e. The van der Waals surface area contributed by atoms with E-state index in [4.69, 9.17) is 4.74 Å². The van der Waals surface area contributed by atoms with Gasteiger partial charge in [0.25, 0.3) is 0 Å². The Morgan fingerprint density at radius 2 is 1.95 bits per heavy atom. The van der Waals surface area contributed by atoms with Gasteiger partial charge < -0.3 is 19.6 Å². The summed E-state index contributed by atoms with van der Waals surface area (Å²) in [6.45, 7) is 13.5. The fraction of sp³-hybridized carbons (Fsp3) is 0.552. The van der Waals surface area contributed by atoms with E-state index in [0.29, 0.717) is 25.8 Å². The Bertz CT molecular complexity index is 1060. The molecule has 1 spiro atoms. The molecule has 0 radical (unpaired) electrons. The number of benzene rings is 1. The molecule has 3 aliphatic rings. The largest absolute Gasteiger partial charge is 0.461 e. The molecule has 1 aromatic rings. The Morgan fingerprint density at radius 1 is 1.24 bits per heavy atom. The number of fused-ring (bicyclic) bond motifs is 1. The first kappa shape index (κ1) is 27.5. The monoisotopic (exact) mass is 526 g/mol. The van der Waals surface area contributed by atoms with Crippen LogP contribution in [0, 0.1) is 11.8 Å². The lowest BCUT2D eigenvalue weighted by Crippen LogP contribution is -2.58. The second-order valence-electron chi connectivity index (χ2n) is 10.8. The van der Waals surface area contributed by atoms with Crippen molar-refractivity contribution < 1.29 is 24.2 Å². The first-order chi connectivity index (χ1) is 17.6. The zero-order chi connectivity index (χ0) is 27.0. The van der Waals surface area contributed by atoms with Crippen LogP contribution < -0.4 is 0 Å². The summed E-state index contributed by atoms with van der Waals surface area (Å²) in [5, 5.41) is 10.5. The molecule has 1 N–H and O–H groups in total. The SMILES string of the molecule is C=CCOC(=O)[C@@H]1[C@H]2C(=O)N([C@@H](CO)Cc3ccccc3)C(C(=O)N(CC=C)C(C)C)C23CC[C@@]1(C)S3. The van der Waals surface area contributed by atoms with Gasteiger partial charge in [0.15, 0.2) is 0 Å². The van der Waals surface area contributed by atoms with Gasteiger partial charge in [-0.2, -0.15) is 0 Å². The lowest BCUT2D eigenvalue weighted by Gasteiger charge is -2.40. The first-order valence-electron chi connectivity index (χ1n) is 13.0. The third-order valence-electron chi connectivity index (χ3n) is 8.20. The molecule has 2 unspecified atom stereocenters. The molecule has 3 saturated heterocycles. The van der Waals surface area contributed by atoms with E-state index in [0.717, 1.165) is 5.56 Å². The average Bonchev–Trinajstić information content (AvgIpc) is 3.45. The van der Waals surface area contributed by atoms with E-state index >= 15 is 0 Å². The van der Waals surface area contributed by atoms with Crippen molar-refractivity contribution in [2.24, 2.45) is 11.8 Å². The lowest BCUT2D eigenvalue weighted by atomic mass is 9.66. The molecule has 0 aromatic heterocycles. The number of rotatable bonds is 11. The van der Waals surface area contributed by atoms with Crippen molar-refractivity contribution in [2.45, 2.75) is 67.7 Å². The van der Waals surface area contributed by atoms with Crippen LogP contribution in [0.4, 0.5) is 0 Å². The Kier molecular flexibility index (Phi) is 7.91. The van der Waals surface area contributed by atoms with E-state index in [1.54, 1.807) is 27.6 Å². The molecule has 0 saturated carbocycles. The molecular weight excluding hydrogens is 488 g/mol. The van der Waals surface area contributed by atoms with Crippen LogP contribution >= 0.6 is 11.8 Å². The molecule has 8 heteroatoms. The number of hydrogen-bond donors (Lipinski definition) is 1. The molecular formula is C29H38N2O5S. The van der Waals surface area contributed by atoms with Crippen molar-refractivity contribution in [2.75, 3.05) is 19.8 Å². The van der Waals surface area contributed by atoms with Gasteiger partial charge in [-0.1, -0.05) is 49.1 Å². The highest BCUT2D eigenvalue weighted by atomic mass is 32.2. The predicted octanol–water partition coefficient (Wildman–Crippen LogP) is 3.22. The number of carbonyl (C=O) groups excluding carboxylic acids is 3. The normalized spacial score (nSPS) is 30.8. The van der Waals surface area contributed by atoms with Crippen LogP contribution in [0.25, 0.3) is 0 Å². The summed E-state index contributed by atoms with van der Waals surface area (Å²) in [5.74, 6) is -2.17. The van der Waals surface area contributed by atoms with Crippen molar-refractivity contribution in [3.05, 3.63) is 61.2 Å². The number of likely N-dealkylation sites (tertiary alicyclic amines) is 1. The summed E-state index contributed by atoms with van der Waals surface area (Å²) < 4.78 is 4.22. The fourth-order valence-corrected chi connectivity index (χ4v) is 8.94. The molecule has 37 heavy (non-hydrogen) atoms. The highest BCUT2D eigenvalue weighted by molar-refractivity contribution is 8.02. The standard InChI is InChI=1S/C29H38N2O5S/c1-6-15-30(19(3)4)26(34)24-29-14-13-28(5,37-29)23(27(35)36-16-7-2)22(29)25(33)31(24)21(18-32)17-20-11-9-8-10-12-20/h6-12,19,21-24,32H,1-2,13-18H2,3-5H3/t21-,22+,23+,24?,28-,29?/m1/s1. The minimum absolute atomic E-state index is 0.0732. The minimum atomic E-state index is -0.794. The molecule has 0 aliphatic carbocycles. The molecule has 2 bridgehead atoms. The second kappa shape index (κ2) is 10.7. The number of aliphatic hydroxyl groups is 1. The molecule has 1 aromatic carbocycles. The summed E-state index contributed by atoms with van der Waals surface area (Å²) in [7, 11) is 0. The van der Waals surface area contributed by atoms with E-state index < -0.39 is 39.4 Å². The molecule has 6 atom stereocenters. The van der Waals surface area contributed by atoms with Crippen LogP contribution in [0.3, 0.4) is 0 Å². The second-order valence-corrected chi connectivity index (χ2v) is 12.7. The maximum Gasteiger partial charge on any atom is 0.311 e. The van der Waals surface area contributed by atoms with Gasteiger partial charge in [0.05, 0.1) is 29.2 Å². The average molecular weight is 527 g/mol. The quantitative estimate of drug-likeness (QED) is 0.352. The lowest BCUT2D eigenvalue weighted by molar-refractivity contribution is -0.155. The van der Waals surface area contributed by atoms with Crippen LogP contribution in [0.5, 0.6) is 0 Å². The third kappa shape index (κ3) is 4.52. The number of esters is 1. The third-order valence-corrected chi connectivity index (χ3v) is 10.2. The van der Waals surface area contributed by atoms with Crippen LogP contribution in [-0.2, 0) is 25.5 Å². The molecule has 2 amide bonds. The highest BCUT2D eigenvalue weighted by Crippen LogP contribution is 2.71. The van der Waals surface area contributed by atoms with Gasteiger partial charge in [-0.05, 0) is 45.6 Å². The summed E-state index contributed by atoms with van der Waals surface area (Å²) in [6.07, 6.45) is 4.97. The Labute approximate surface area is 223 Å². The van der Waals surface area contributed by atoms with Gasteiger partial charge in [0.2, 0.25) is 11.8 Å². The number of nitrogens with zero attached hydrogens (tertiary/aromatic N) is 2. The Hall–Kier alpha value is -2.58. The molecule has 4 rings (SSSR count). The first-order valence-corrected chi connectivity index (χ1v) is 13.8. The summed E-state index contributed by atoms with van der Waals surface area (Å²) in [5.41, 5.74) is 0.966. The highest BCUT2D eigenvalue weighted by Gasteiger charge is 2.78. The van der Waals surface area contributed by atoms with E-state index in [-0.39, 0.29) is 31.1 Å². The number of ether oxygens (including phenoxy) is 1. The smallest absolute Gasteiger partial charge is 0.311 e. The number of carbonyl (C=O) groups is 3. The zero-order valence-electron chi connectivity index (χ0n) is 22.0. The van der Waals surface area contributed by atoms with Crippen LogP contribution in [0.1, 0.15) is 39.2 Å². The van der Waals surface area contributed by atoms with Gasteiger partial charge in [-0.25, -0.2) is 0 Å². The Morgan fingerprint density at radius 3 is 2.54 bits per heavy atom. The molecule has 7 nitrogen and oxygen atoms in total. The van der Waals surface area contributed by atoms with Crippen molar-refractivity contribution in [3.8, 4) is 0 Å². The molecule has 3 heterocycles. The van der Waals surface area contributed by atoms with Crippen LogP contribution in [-0.4, -0.2) is 80.1 Å². The maximum absolute atomic E-state index is 14.3. The van der Waals surface area contributed by atoms with Crippen molar-refractivity contribution in [3.63, 3.8) is 0 Å². The molecule has 3 aliphatic heterocycles. The number of hydrogen-bond acceptors (Lipinski definition) is 6. The number of amides is 2. The fourth-order valence-electron chi connectivity index (χ4n) is 6.61. The van der Waals surface area contributed by atoms with Crippen molar-refractivity contribution >= 4 is 29.5 Å². The van der Waals surface area contributed by atoms with E-state index in [9.17, 15) is 19.5 Å². The van der Waals surface area contributed by atoms with Gasteiger partial charge in [-0.3, -0.25) is 14.4 Å². The zero-order valence-corrected chi connectivity index (χ0v) is 22.8. The van der Waals surface area contributed by atoms with Gasteiger partial charge in [-0.15, -0.1) is 18.3 Å². The summed E-state index contributed by atoms with van der Waals surface area (Å²) in [6, 6.07) is 8.16. The number of thioether (sulfide) groups is 1. The summed E-state index contributed by atoms with van der Waals surface area (Å²) in [4.78, 5) is 45.4. The van der Waals surface area contributed by atoms with E-state index in [1.807, 2.05) is 51.1 Å². The molecule has 3 fully saturated rings. The van der Waals surface area contributed by atoms with E-state index in [2.05, 4.69) is 13.2 Å². The van der Waals surface area contributed by atoms with Gasteiger partial charge >= 0.3 is 5.97 Å². The van der Waals surface area contributed by atoms with Crippen LogP contribution in [0.15, 0.2) is 55.6 Å². The van der Waals surface area contributed by atoms with Crippen LogP contribution in [0.2, 0.25) is 0 Å². The Balaban J connectivity index is 1.81. The molecule has 200 valence electrons. The van der Waals surface area contributed by atoms with Gasteiger partial charge in [0, 0.05) is 17.3 Å². The summed E-state index contributed by atoms with van der Waals surface area (Å²) >= 11 is 1.60. The van der Waals surface area contributed by atoms with Crippen molar-refractivity contribution in [1.82, 2.24) is 9.80 Å². The topological polar surface area (TPSA) is 87.1 Å². The van der Waals surface area contributed by atoms with Gasteiger partial charge in [0.1, 0.15) is 12.6 Å².